The van der Waals surface area contributed by atoms with Crippen LogP contribution in [-0.4, -0.2) is 224 Å². The van der Waals surface area contributed by atoms with E-state index in [0.29, 0.717) is 0 Å². The molecule has 0 amide bonds. The van der Waals surface area contributed by atoms with E-state index in [2.05, 4.69) is 0 Å². The first-order valence-electron chi connectivity index (χ1n) is 26.1. The van der Waals surface area contributed by atoms with E-state index in [1.165, 1.54) is 40.2 Å². The van der Waals surface area contributed by atoms with E-state index >= 15 is 0 Å². The topological polar surface area (TPSA) is 347 Å². The Balaban J connectivity index is 1.02. The minimum absolute atomic E-state index is 0.0319. The second-order valence-corrected chi connectivity index (χ2v) is 21.2. The van der Waals surface area contributed by atoms with Gasteiger partial charge in [0.2, 0.25) is 6.29 Å². The molecule has 76 heavy (non-hydrogen) atoms. The molecule has 24 heteroatoms. The van der Waals surface area contributed by atoms with Crippen LogP contribution < -0.4 is 4.74 Å². The van der Waals surface area contributed by atoms with Gasteiger partial charge in [-0.3, -0.25) is 9.59 Å². The van der Waals surface area contributed by atoms with Crippen molar-refractivity contribution in [2.75, 3.05) is 14.2 Å². The Morgan fingerprint density at radius 3 is 1.67 bits per heavy atom. The number of hydrogen-bond donors (Lipinski definition) is 10. The first kappa shape index (κ1) is 58.8. The summed E-state index contributed by atoms with van der Waals surface area (Å²) in [4.78, 5) is 28.9. The standard InChI is InChI=1S/C52H76O24/c1-18-31(72-37-16-32(44(60)21(4)68-37)73-34-13-28(54)43(59)20(3)67-34)12-26-10-25-11-27(51(66-9)48(64)42(58)19(2)53)52(47(63)40(25)46(62)39(26)41(18)57)76-38-17-33(45(61)22(5)69-38)74-35-15-30(56)50(24(7)71-35)75-36-14-29(55)49(65-8)23(6)70-36/h10,12,19-24,27-30,32-38,42-45,49-62H,11,13-17H2,1-9H3/t19-,20+,21+,22+,23+,24+,27+,28+,29-,30+,32+,33+,34-,35-,36-,37-,38-,42+,43+,44+,45+,49+,50+,51-,52+/m0/s1. The number of rotatable bonds is 16. The molecule has 5 fully saturated rings. The van der Waals surface area contributed by atoms with Gasteiger partial charge in [-0.1, -0.05) is 0 Å². The van der Waals surface area contributed by atoms with Gasteiger partial charge >= 0.3 is 0 Å². The van der Waals surface area contributed by atoms with E-state index in [4.69, 9.17) is 56.8 Å². The second-order valence-electron chi connectivity index (χ2n) is 21.2. The van der Waals surface area contributed by atoms with Gasteiger partial charge in [0.1, 0.15) is 66.1 Å². The van der Waals surface area contributed by atoms with Gasteiger partial charge in [0.05, 0.1) is 78.1 Å². The van der Waals surface area contributed by atoms with Gasteiger partial charge in [-0.05, 0) is 78.0 Å². The van der Waals surface area contributed by atoms with Crippen molar-refractivity contribution in [1.82, 2.24) is 0 Å². The predicted molar refractivity (Wildman–Crippen MR) is 259 cm³/mol. The van der Waals surface area contributed by atoms with Gasteiger partial charge in [-0.15, -0.1) is 0 Å². The van der Waals surface area contributed by atoms with Gasteiger partial charge < -0.3 is 108 Å². The Morgan fingerprint density at radius 2 is 1.13 bits per heavy atom. The molecule has 8 rings (SSSR count). The van der Waals surface area contributed by atoms with E-state index in [1.807, 2.05) is 0 Å². The highest BCUT2D eigenvalue weighted by Gasteiger charge is 2.51. The van der Waals surface area contributed by atoms with Crippen LogP contribution in [0.3, 0.4) is 0 Å². The van der Waals surface area contributed by atoms with Gasteiger partial charge in [0.25, 0.3) is 0 Å². The summed E-state index contributed by atoms with van der Waals surface area (Å²) in [5.74, 6) is -4.02. The molecule has 10 N–H and O–H groups in total. The summed E-state index contributed by atoms with van der Waals surface area (Å²) in [6.45, 7) is 10.9. The number of carbonyl (C=O) groups excluding carboxylic acids is 2. The van der Waals surface area contributed by atoms with Gasteiger partial charge in [-0.2, -0.15) is 0 Å². The van der Waals surface area contributed by atoms with Crippen LogP contribution in [-0.2, 0) is 63.3 Å². The lowest BCUT2D eigenvalue weighted by atomic mass is 9.75. The monoisotopic (exact) mass is 1080 g/mol. The average molecular weight is 1090 g/mol. The van der Waals surface area contributed by atoms with Crippen molar-refractivity contribution >= 4 is 22.3 Å². The van der Waals surface area contributed by atoms with E-state index in [1.54, 1.807) is 34.6 Å². The van der Waals surface area contributed by atoms with Gasteiger partial charge in [-0.25, -0.2) is 0 Å². The molecule has 0 spiro atoms. The molecule has 428 valence electrons. The zero-order valence-electron chi connectivity index (χ0n) is 44.0. The van der Waals surface area contributed by atoms with Crippen molar-refractivity contribution in [2.45, 2.75) is 234 Å². The number of methoxy groups -OCH3 is 2. The molecule has 2 aromatic rings. The molecule has 0 saturated carbocycles. The molecule has 5 heterocycles. The largest absolute Gasteiger partial charge is 0.507 e. The van der Waals surface area contributed by atoms with Gasteiger partial charge in [0.15, 0.2) is 36.7 Å². The number of phenolic OH excluding ortho intramolecular Hbond substituents is 2. The van der Waals surface area contributed by atoms with Crippen molar-refractivity contribution in [1.29, 1.82) is 0 Å². The lowest BCUT2D eigenvalue weighted by Gasteiger charge is -2.45. The number of carbonyl (C=O) groups is 2. The molecule has 1 aliphatic carbocycles. The zero-order valence-corrected chi connectivity index (χ0v) is 44.0. The molecule has 24 nitrogen and oxygen atoms in total. The van der Waals surface area contributed by atoms with E-state index in [9.17, 15) is 60.7 Å². The number of aromatic hydroxyl groups is 2. The van der Waals surface area contributed by atoms with E-state index in [-0.39, 0.29) is 71.7 Å². The quantitative estimate of drug-likeness (QED) is 0.106. The highest BCUT2D eigenvalue weighted by Crippen LogP contribution is 2.47. The molecular weight excluding hydrogens is 1010 g/mol. The summed E-state index contributed by atoms with van der Waals surface area (Å²) in [6, 6.07) is 3.04. The van der Waals surface area contributed by atoms with Crippen LogP contribution in [0.2, 0.25) is 0 Å². The maximum Gasteiger partial charge on any atom is 0.202 e. The molecule has 0 aromatic heterocycles. The van der Waals surface area contributed by atoms with E-state index in [0.717, 1.165) is 0 Å². The summed E-state index contributed by atoms with van der Waals surface area (Å²) in [6.07, 6.45) is -26.3. The highest BCUT2D eigenvalue weighted by atomic mass is 16.7. The smallest absolute Gasteiger partial charge is 0.202 e. The van der Waals surface area contributed by atoms with Crippen molar-refractivity contribution in [3.05, 3.63) is 28.8 Å². The first-order valence-corrected chi connectivity index (χ1v) is 26.1. The Labute approximate surface area is 439 Å². The normalized spacial score (nSPS) is 41.5. The van der Waals surface area contributed by atoms with Crippen LogP contribution in [0.15, 0.2) is 12.1 Å². The maximum atomic E-state index is 15.0. The number of Topliss-reactive ketones (excluding diaryl/α,β-unsaturated/α-hetero) is 2. The highest BCUT2D eigenvalue weighted by molar-refractivity contribution is 6.11. The SMILES string of the molecule is CO[C@H]1[C@@H](O)C[C@H](O[C@H]2[C@H](O)C[C@H](O[C@@H]3C[C@H](O[C@H]4C(=O)c5c(cc6cc(O[C@H]7C[C@@H](O[C@H]8C[C@@H](O)[C@H](O)[C@@H](C)O8)[C@H](O)[C@@H](C)O7)c(C)c(O)c6c5O)C[C@@H]4[C@H](OC)C(=O)[C@H](O)[C@H](C)O)O[C@H](C)[C@H]3O)O[C@@H]2C)O[C@@H]1C. The summed E-state index contributed by atoms with van der Waals surface area (Å²) < 4.78 is 72.0. The van der Waals surface area contributed by atoms with Gasteiger partial charge in [0, 0.05) is 57.8 Å². The molecule has 25 atom stereocenters. The lowest BCUT2D eigenvalue weighted by molar-refractivity contribution is -0.332. The van der Waals surface area contributed by atoms with Crippen LogP contribution in [0.4, 0.5) is 0 Å². The molecule has 2 aromatic carbocycles. The van der Waals surface area contributed by atoms with Crippen LogP contribution in [0.25, 0.3) is 10.8 Å². The number of benzene rings is 2. The van der Waals surface area contributed by atoms with Crippen molar-refractivity contribution in [3.8, 4) is 17.2 Å². The number of ketones is 2. The first-order chi connectivity index (χ1) is 35.9. The fourth-order valence-corrected chi connectivity index (χ4v) is 11.4. The maximum absolute atomic E-state index is 15.0. The molecule has 0 bridgehead atoms. The third kappa shape index (κ3) is 12.1. The molecule has 0 unspecified atom stereocenters. The summed E-state index contributed by atoms with van der Waals surface area (Å²) in [7, 11) is 2.66. The molecule has 0 radical (unpaired) electrons. The van der Waals surface area contributed by atoms with Crippen molar-refractivity contribution < 1.29 is 117 Å². The fraction of sp³-hybridized carbons (Fsp3) is 0.769. The lowest BCUT2D eigenvalue weighted by Crippen LogP contribution is -2.57. The fourth-order valence-electron chi connectivity index (χ4n) is 11.4. The third-order valence-corrected chi connectivity index (χ3v) is 15.7. The minimum atomic E-state index is -1.94. The molecule has 5 saturated heterocycles. The second kappa shape index (κ2) is 24.2. The van der Waals surface area contributed by atoms with Crippen molar-refractivity contribution in [2.24, 2.45) is 5.92 Å². The Bertz CT molecular complexity index is 2300. The van der Waals surface area contributed by atoms with Crippen LogP contribution in [0.1, 0.15) is 95.1 Å². The van der Waals surface area contributed by atoms with Crippen molar-refractivity contribution in [3.63, 3.8) is 0 Å². The number of aliphatic hydroxyl groups excluding tert-OH is 8. The Hall–Kier alpha value is -3.32. The molecule has 6 aliphatic rings. The van der Waals surface area contributed by atoms with Crippen LogP contribution in [0.5, 0.6) is 17.2 Å². The predicted octanol–water partition coefficient (Wildman–Crippen LogP) is 0.0147. The number of phenols is 2. The third-order valence-electron chi connectivity index (χ3n) is 15.7. The summed E-state index contributed by atoms with van der Waals surface area (Å²) in [5, 5.41) is 110. The average Bonchev–Trinajstić information content (AvgIpc) is 3.36. The zero-order chi connectivity index (χ0) is 55.3. The van der Waals surface area contributed by atoms with Crippen LogP contribution in [0, 0.1) is 12.8 Å². The minimum Gasteiger partial charge on any atom is -0.507 e. The number of hydrogen-bond acceptors (Lipinski definition) is 24. The number of fused-ring (bicyclic) bond motifs is 2. The molecular formula is C52H76O24. The number of ether oxygens (including phenoxy) is 12. The summed E-state index contributed by atoms with van der Waals surface area (Å²) >= 11 is 0. The summed E-state index contributed by atoms with van der Waals surface area (Å²) in [5.41, 5.74) is 0.0890. The van der Waals surface area contributed by atoms with E-state index < -0.39 is 176 Å². The van der Waals surface area contributed by atoms with Crippen LogP contribution >= 0.6 is 0 Å². The Morgan fingerprint density at radius 1 is 0.632 bits per heavy atom. The Kier molecular flexibility index (Phi) is 18.7. The molecule has 5 aliphatic heterocycles. The number of aliphatic hydroxyl groups is 8.